The number of nitrogens with zero attached hydrogens (tertiary/aromatic N) is 2. The van der Waals surface area contributed by atoms with Crippen molar-refractivity contribution >= 4 is 23.4 Å². The summed E-state index contributed by atoms with van der Waals surface area (Å²) in [5.41, 5.74) is 2.16. The second-order valence-electron chi connectivity index (χ2n) is 6.28. The summed E-state index contributed by atoms with van der Waals surface area (Å²) < 4.78 is 5.30. The molecular weight excluding hydrogens is 352 g/mol. The van der Waals surface area contributed by atoms with Crippen LogP contribution in [-0.2, 0) is 0 Å². The standard InChI is InChI=1S/C20H21ClN2O3/c1-14-6-7-16(13-18(14)26-2)20(25)23-10-8-22(9-11-23)19(24)15-4-3-5-17(21)12-15/h3-7,12-13H,8-11H2,1-2H3. The molecule has 0 N–H and O–H groups in total. The Bertz CT molecular complexity index is 830. The lowest BCUT2D eigenvalue weighted by Gasteiger charge is -2.35. The maximum absolute atomic E-state index is 12.7. The largest absolute Gasteiger partial charge is 0.496 e. The monoisotopic (exact) mass is 372 g/mol. The van der Waals surface area contributed by atoms with Crippen molar-refractivity contribution in [1.29, 1.82) is 0 Å². The normalized spacial score (nSPS) is 14.3. The second kappa shape index (κ2) is 7.79. The van der Waals surface area contributed by atoms with E-state index < -0.39 is 0 Å². The summed E-state index contributed by atoms with van der Waals surface area (Å²) in [5.74, 6) is 0.598. The lowest BCUT2D eigenvalue weighted by atomic mass is 10.1. The summed E-state index contributed by atoms with van der Waals surface area (Å²) in [6.45, 7) is 3.94. The first-order valence-corrected chi connectivity index (χ1v) is 8.86. The lowest BCUT2D eigenvalue weighted by Crippen LogP contribution is -2.50. The molecule has 26 heavy (non-hydrogen) atoms. The van der Waals surface area contributed by atoms with Gasteiger partial charge in [0.05, 0.1) is 7.11 Å². The van der Waals surface area contributed by atoms with Gasteiger partial charge in [-0.25, -0.2) is 0 Å². The smallest absolute Gasteiger partial charge is 0.254 e. The Kier molecular flexibility index (Phi) is 5.47. The predicted octanol–water partition coefficient (Wildman–Crippen LogP) is 3.26. The molecular formula is C20H21ClN2O3. The quantitative estimate of drug-likeness (QED) is 0.831. The molecule has 1 heterocycles. The zero-order valence-electron chi connectivity index (χ0n) is 14.9. The van der Waals surface area contributed by atoms with Crippen molar-refractivity contribution in [3.05, 3.63) is 64.2 Å². The minimum atomic E-state index is -0.0587. The van der Waals surface area contributed by atoms with Gasteiger partial charge in [0.2, 0.25) is 0 Å². The molecule has 3 rings (SSSR count). The Morgan fingerprint density at radius 1 is 0.923 bits per heavy atom. The van der Waals surface area contributed by atoms with Gasteiger partial charge in [-0.05, 0) is 42.8 Å². The highest BCUT2D eigenvalue weighted by Gasteiger charge is 2.26. The van der Waals surface area contributed by atoms with Crippen molar-refractivity contribution in [2.45, 2.75) is 6.92 Å². The van der Waals surface area contributed by atoms with E-state index in [0.29, 0.717) is 48.1 Å². The second-order valence-corrected chi connectivity index (χ2v) is 6.72. The van der Waals surface area contributed by atoms with E-state index in [9.17, 15) is 9.59 Å². The van der Waals surface area contributed by atoms with Crippen molar-refractivity contribution < 1.29 is 14.3 Å². The van der Waals surface area contributed by atoms with Crippen LogP contribution >= 0.6 is 11.6 Å². The molecule has 0 atom stereocenters. The third-order valence-electron chi connectivity index (χ3n) is 4.58. The summed E-state index contributed by atoms with van der Waals surface area (Å²) in [4.78, 5) is 28.8. The van der Waals surface area contributed by atoms with E-state index in [-0.39, 0.29) is 11.8 Å². The molecule has 2 aromatic rings. The molecule has 0 saturated carbocycles. The Balaban J connectivity index is 1.64. The first-order valence-electron chi connectivity index (χ1n) is 8.48. The van der Waals surface area contributed by atoms with Crippen molar-refractivity contribution in [3.8, 4) is 5.75 Å². The molecule has 0 bridgehead atoms. The van der Waals surface area contributed by atoms with Crippen molar-refractivity contribution in [1.82, 2.24) is 9.80 Å². The number of piperazine rings is 1. The molecule has 1 aliphatic heterocycles. The van der Waals surface area contributed by atoms with Gasteiger partial charge < -0.3 is 14.5 Å². The Labute approximate surface area is 158 Å². The fraction of sp³-hybridized carbons (Fsp3) is 0.300. The van der Waals surface area contributed by atoms with Crippen LogP contribution in [0.15, 0.2) is 42.5 Å². The number of methoxy groups -OCH3 is 1. The van der Waals surface area contributed by atoms with Crippen molar-refractivity contribution in [2.75, 3.05) is 33.3 Å². The highest BCUT2D eigenvalue weighted by atomic mass is 35.5. The molecule has 0 aliphatic carbocycles. The zero-order valence-corrected chi connectivity index (χ0v) is 15.6. The number of carbonyl (C=O) groups excluding carboxylic acids is 2. The summed E-state index contributed by atoms with van der Waals surface area (Å²) >= 11 is 5.96. The average Bonchev–Trinajstić information content (AvgIpc) is 2.67. The molecule has 6 heteroatoms. The molecule has 1 fully saturated rings. The third-order valence-corrected chi connectivity index (χ3v) is 4.82. The summed E-state index contributed by atoms with van der Waals surface area (Å²) in [6, 6.07) is 12.4. The minimum absolute atomic E-state index is 0.0434. The first-order chi connectivity index (χ1) is 12.5. The van der Waals surface area contributed by atoms with E-state index >= 15 is 0 Å². The van der Waals surface area contributed by atoms with Crippen LogP contribution in [-0.4, -0.2) is 54.9 Å². The molecule has 1 aliphatic rings. The van der Waals surface area contributed by atoms with Gasteiger partial charge in [0.1, 0.15) is 5.75 Å². The van der Waals surface area contributed by atoms with Gasteiger partial charge >= 0.3 is 0 Å². The topological polar surface area (TPSA) is 49.9 Å². The van der Waals surface area contributed by atoms with E-state index in [0.717, 1.165) is 5.56 Å². The number of hydrogen-bond donors (Lipinski definition) is 0. The van der Waals surface area contributed by atoms with Crippen molar-refractivity contribution in [2.24, 2.45) is 0 Å². The number of hydrogen-bond acceptors (Lipinski definition) is 3. The highest BCUT2D eigenvalue weighted by molar-refractivity contribution is 6.30. The Hall–Kier alpha value is -2.53. The Morgan fingerprint density at radius 2 is 1.50 bits per heavy atom. The minimum Gasteiger partial charge on any atom is -0.496 e. The molecule has 136 valence electrons. The number of aryl methyl sites for hydroxylation is 1. The zero-order chi connectivity index (χ0) is 18.7. The highest BCUT2D eigenvalue weighted by Crippen LogP contribution is 2.21. The molecule has 5 nitrogen and oxygen atoms in total. The van der Waals surface area contributed by atoms with Crippen LogP contribution in [0, 0.1) is 6.92 Å². The molecule has 2 amide bonds. The van der Waals surface area contributed by atoms with Crippen LogP contribution in [0.4, 0.5) is 0 Å². The fourth-order valence-corrected chi connectivity index (χ4v) is 3.24. The predicted molar refractivity (Wildman–Crippen MR) is 101 cm³/mol. The van der Waals surface area contributed by atoms with Gasteiger partial charge in [0.25, 0.3) is 11.8 Å². The summed E-state index contributed by atoms with van der Waals surface area (Å²) in [6.07, 6.45) is 0. The van der Waals surface area contributed by atoms with E-state index in [1.807, 2.05) is 19.1 Å². The molecule has 0 radical (unpaired) electrons. The van der Waals surface area contributed by atoms with Crippen LogP contribution in [0.25, 0.3) is 0 Å². The van der Waals surface area contributed by atoms with Crippen molar-refractivity contribution in [3.63, 3.8) is 0 Å². The number of carbonyl (C=O) groups is 2. The summed E-state index contributed by atoms with van der Waals surface area (Å²) in [5, 5.41) is 0.540. The van der Waals surface area contributed by atoms with Gasteiger partial charge in [-0.2, -0.15) is 0 Å². The number of rotatable bonds is 3. The van der Waals surface area contributed by atoms with E-state index in [1.54, 1.807) is 47.2 Å². The summed E-state index contributed by atoms with van der Waals surface area (Å²) in [7, 11) is 1.59. The molecule has 0 unspecified atom stereocenters. The SMILES string of the molecule is COc1cc(C(=O)N2CCN(C(=O)c3cccc(Cl)c3)CC2)ccc1C. The van der Waals surface area contributed by atoms with E-state index in [4.69, 9.17) is 16.3 Å². The Morgan fingerprint density at radius 3 is 2.04 bits per heavy atom. The van der Waals surface area contributed by atoms with E-state index in [1.165, 1.54) is 0 Å². The maximum Gasteiger partial charge on any atom is 0.254 e. The van der Waals surface area contributed by atoms with E-state index in [2.05, 4.69) is 0 Å². The number of amides is 2. The number of benzene rings is 2. The molecule has 1 saturated heterocycles. The molecule has 0 aromatic heterocycles. The third kappa shape index (κ3) is 3.83. The molecule has 2 aromatic carbocycles. The van der Waals surface area contributed by atoms with Gasteiger partial charge in [-0.15, -0.1) is 0 Å². The van der Waals surface area contributed by atoms with Crippen LogP contribution in [0.1, 0.15) is 26.3 Å². The number of halogens is 1. The van der Waals surface area contributed by atoms with Crippen LogP contribution in [0.5, 0.6) is 5.75 Å². The first kappa shape index (κ1) is 18.3. The van der Waals surface area contributed by atoms with Crippen LogP contribution in [0.3, 0.4) is 0 Å². The average molecular weight is 373 g/mol. The van der Waals surface area contributed by atoms with Crippen LogP contribution < -0.4 is 4.74 Å². The lowest BCUT2D eigenvalue weighted by molar-refractivity contribution is 0.0535. The van der Waals surface area contributed by atoms with Gasteiger partial charge in [0, 0.05) is 42.3 Å². The molecule has 0 spiro atoms. The fourth-order valence-electron chi connectivity index (χ4n) is 3.05. The number of ether oxygens (including phenoxy) is 1. The van der Waals surface area contributed by atoms with Gasteiger partial charge in [-0.1, -0.05) is 23.7 Å². The maximum atomic E-state index is 12.7. The van der Waals surface area contributed by atoms with Crippen LogP contribution in [0.2, 0.25) is 5.02 Å². The van der Waals surface area contributed by atoms with Gasteiger partial charge in [0.15, 0.2) is 0 Å². The van der Waals surface area contributed by atoms with Gasteiger partial charge in [-0.3, -0.25) is 9.59 Å².